The predicted molar refractivity (Wildman–Crippen MR) is 135 cm³/mol. The Labute approximate surface area is 198 Å². The van der Waals surface area contributed by atoms with Crippen LogP contribution in [0.1, 0.15) is 39.6 Å². The number of amides is 1. The molecule has 33 heavy (non-hydrogen) atoms. The number of carbonyl (C=O) groups excluding carboxylic acids is 1. The quantitative estimate of drug-likeness (QED) is 0.393. The second kappa shape index (κ2) is 9.55. The third-order valence-corrected chi connectivity index (χ3v) is 7.05. The van der Waals surface area contributed by atoms with Gasteiger partial charge in [0.05, 0.1) is 11.3 Å². The fraction of sp³-hybridized carbons (Fsp3) is 0.222. The van der Waals surface area contributed by atoms with Crippen molar-refractivity contribution in [1.82, 2.24) is 9.97 Å². The highest BCUT2D eigenvalue weighted by Gasteiger charge is 2.21. The Balaban J connectivity index is 1.21. The lowest BCUT2D eigenvalue weighted by Gasteiger charge is -2.33. The molecule has 2 aromatic heterocycles. The normalized spacial score (nSPS) is 14.3. The van der Waals surface area contributed by atoms with Crippen LogP contribution in [0.15, 0.2) is 79.0 Å². The first-order valence-electron chi connectivity index (χ1n) is 11.3. The van der Waals surface area contributed by atoms with Crippen LogP contribution in [-0.4, -0.2) is 29.0 Å². The number of anilines is 2. The van der Waals surface area contributed by atoms with Crippen molar-refractivity contribution in [3.8, 4) is 11.3 Å². The van der Waals surface area contributed by atoms with Gasteiger partial charge in [-0.3, -0.25) is 10.1 Å². The van der Waals surface area contributed by atoms with E-state index in [9.17, 15) is 4.79 Å². The summed E-state index contributed by atoms with van der Waals surface area (Å²) in [6.07, 6.45) is 3.88. The maximum absolute atomic E-state index is 12.8. The molecule has 1 amide bonds. The molecular formula is C27H26N4OS. The van der Waals surface area contributed by atoms with E-state index in [1.165, 1.54) is 16.9 Å². The fourth-order valence-corrected chi connectivity index (χ4v) is 5.19. The van der Waals surface area contributed by atoms with Gasteiger partial charge >= 0.3 is 0 Å². The van der Waals surface area contributed by atoms with Crippen LogP contribution < -0.4 is 10.2 Å². The van der Waals surface area contributed by atoms with Crippen LogP contribution in [0.4, 0.5) is 10.9 Å². The van der Waals surface area contributed by atoms with E-state index in [4.69, 9.17) is 0 Å². The van der Waals surface area contributed by atoms with E-state index in [1.54, 1.807) is 6.20 Å². The van der Waals surface area contributed by atoms with E-state index in [0.717, 1.165) is 47.9 Å². The van der Waals surface area contributed by atoms with Gasteiger partial charge in [0.1, 0.15) is 5.82 Å². The molecule has 1 N–H and O–H groups in total. The zero-order valence-electron chi connectivity index (χ0n) is 18.6. The first-order valence-corrected chi connectivity index (χ1v) is 12.1. The maximum Gasteiger partial charge on any atom is 0.259 e. The molecule has 0 saturated carbocycles. The number of hydrogen-bond acceptors (Lipinski definition) is 5. The van der Waals surface area contributed by atoms with Gasteiger partial charge in [0.25, 0.3) is 5.91 Å². The number of piperidine rings is 1. The Hall–Kier alpha value is -3.51. The molecule has 166 valence electrons. The average Bonchev–Trinajstić information content (AvgIpc) is 3.25. The Bertz CT molecular complexity index is 1210. The molecule has 1 aliphatic rings. The molecule has 5 rings (SSSR count). The van der Waals surface area contributed by atoms with Crippen molar-refractivity contribution in [2.24, 2.45) is 0 Å². The van der Waals surface area contributed by atoms with Gasteiger partial charge in [-0.05, 0) is 43.4 Å². The summed E-state index contributed by atoms with van der Waals surface area (Å²) in [5.41, 5.74) is 3.91. The number of rotatable bonds is 5. The summed E-state index contributed by atoms with van der Waals surface area (Å²) in [6.45, 7) is 3.96. The van der Waals surface area contributed by atoms with E-state index in [-0.39, 0.29) is 5.91 Å². The van der Waals surface area contributed by atoms with Crippen molar-refractivity contribution < 1.29 is 4.79 Å². The second-order valence-electron chi connectivity index (χ2n) is 8.32. The summed E-state index contributed by atoms with van der Waals surface area (Å²) in [4.78, 5) is 25.3. The standard InChI is InChI=1S/C27H26N4OS/c1-19-25(22-10-6-3-7-11-22)29-27(33-19)30-26(32)23-12-13-24(28-18-23)31-16-14-21(15-17-31)20-8-4-2-5-9-20/h2-13,18,21H,14-17H2,1H3,(H,29,30,32). The van der Waals surface area contributed by atoms with Crippen molar-refractivity contribution in [3.63, 3.8) is 0 Å². The minimum Gasteiger partial charge on any atom is -0.357 e. The fourth-order valence-electron chi connectivity index (χ4n) is 4.36. The maximum atomic E-state index is 12.8. The zero-order valence-corrected chi connectivity index (χ0v) is 19.4. The number of nitrogens with zero attached hydrogens (tertiary/aromatic N) is 3. The van der Waals surface area contributed by atoms with E-state index in [0.29, 0.717) is 16.6 Å². The molecule has 4 aromatic rings. The lowest BCUT2D eigenvalue weighted by Crippen LogP contribution is -2.33. The van der Waals surface area contributed by atoms with Crippen LogP contribution in [0.2, 0.25) is 0 Å². The summed E-state index contributed by atoms with van der Waals surface area (Å²) in [5, 5.41) is 3.53. The molecule has 1 fully saturated rings. The van der Waals surface area contributed by atoms with Crippen LogP contribution >= 0.6 is 11.3 Å². The van der Waals surface area contributed by atoms with Gasteiger partial charge < -0.3 is 4.90 Å². The van der Waals surface area contributed by atoms with Crippen LogP contribution in [0.3, 0.4) is 0 Å². The SMILES string of the molecule is Cc1sc(NC(=O)c2ccc(N3CCC(c4ccccc4)CC3)nc2)nc1-c1ccccc1. The number of thiazole rings is 1. The van der Waals surface area contributed by atoms with E-state index in [2.05, 4.69) is 50.5 Å². The van der Waals surface area contributed by atoms with Gasteiger partial charge in [0, 0.05) is 29.7 Å². The summed E-state index contributed by atoms with van der Waals surface area (Å²) in [5.74, 6) is 1.34. The first kappa shape index (κ1) is 21.3. The van der Waals surface area contributed by atoms with Crippen molar-refractivity contribution in [3.05, 3.63) is 95.0 Å². The summed E-state index contributed by atoms with van der Waals surface area (Å²) in [7, 11) is 0. The predicted octanol–water partition coefficient (Wildman–Crippen LogP) is 6.15. The highest BCUT2D eigenvalue weighted by Crippen LogP contribution is 2.31. The summed E-state index contributed by atoms with van der Waals surface area (Å²) < 4.78 is 0. The van der Waals surface area contributed by atoms with E-state index < -0.39 is 0 Å². The van der Waals surface area contributed by atoms with Crippen LogP contribution in [0.5, 0.6) is 0 Å². The third-order valence-electron chi connectivity index (χ3n) is 6.16. The van der Waals surface area contributed by atoms with Gasteiger partial charge in [-0.1, -0.05) is 60.7 Å². The Morgan fingerprint density at radius 1 is 0.970 bits per heavy atom. The minimum absolute atomic E-state index is 0.190. The Morgan fingerprint density at radius 3 is 2.33 bits per heavy atom. The third kappa shape index (κ3) is 4.81. The lowest BCUT2D eigenvalue weighted by molar-refractivity contribution is 0.102. The smallest absolute Gasteiger partial charge is 0.259 e. The molecule has 5 nitrogen and oxygen atoms in total. The van der Waals surface area contributed by atoms with Crippen molar-refractivity contribution in [1.29, 1.82) is 0 Å². The Kier molecular flexibility index (Phi) is 6.17. The summed E-state index contributed by atoms with van der Waals surface area (Å²) in [6, 6.07) is 24.5. The van der Waals surface area contributed by atoms with Gasteiger partial charge in [0.2, 0.25) is 0 Å². The highest BCUT2D eigenvalue weighted by atomic mass is 32.1. The van der Waals surface area contributed by atoms with Crippen LogP contribution in [0, 0.1) is 6.92 Å². The molecule has 0 aliphatic carbocycles. The lowest BCUT2D eigenvalue weighted by atomic mass is 9.89. The van der Waals surface area contributed by atoms with E-state index >= 15 is 0 Å². The topological polar surface area (TPSA) is 58.1 Å². The molecule has 0 radical (unpaired) electrons. The molecule has 0 unspecified atom stereocenters. The largest absolute Gasteiger partial charge is 0.357 e. The highest BCUT2D eigenvalue weighted by molar-refractivity contribution is 7.16. The number of aromatic nitrogens is 2. The first-order chi connectivity index (χ1) is 16.2. The van der Waals surface area contributed by atoms with Gasteiger partial charge in [0.15, 0.2) is 5.13 Å². The molecule has 3 heterocycles. The molecule has 1 aliphatic heterocycles. The number of aryl methyl sites for hydroxylation is 1. The molecule has 0 atom stereocenters. The number of nitrogens with one attached hydrogen (secondary N) is 1. The average molecular weight is 455 g/mol. The molecule has 0 bridgehead atoms. The summed E-state index contributed by atoms with van der Waals surface area (Å²) >= 11 is 1.48. The van der Waals surface area contributed by atoms with E-state index in [1.807, 2.05) is 49.4 Å². The van der Waals surface area contributed by atoms with Crippen molar-refractivity contribution in [2.45, 2.75) is 25.7 Å². The number of hydrogen-bond donors (Lipinski definition) is 1. The van der Waals surface area contributed by atoms with Gasteiger partial charge in [-0.25, -0.2) is 9.97 Å². The molecule has 6 heteroatoms. The monoisotopic (exact) mass is 454 g/mol. The molecule has 2 aromatic carbocycles. The minimum atomic E-state index is -0.190. The molecular weight excluding hydrogens is 428 g/mol. The number of carbonyl (C=O) groups is 1. The van der Waals surface area contributed by atoms with Crippen LogP contribution in [0.25, 0.3) is 11.3 Å². The van der Waals surface area contributed by atoms with Crippen molar-refractivity contribution in [2.75, 3.05) is 23.3 Å². The van der Waals surface area contributed by atoms with Gasteiger partial charge in [-0.2, -0.15) is 0 Å². The van der Waals surface area contributed by atoms with Crippen LogP contribution in [-0.2, 0) is 0 Å². The zero-order chi connectivity index (χ0) is 22.6. The second-order valence-corrected chi connectivity index (χ2v) is 9.52. The molecule has 0 spiro atoms. The van der Waals surface area contributed by atoms with Gasteiger partial charge in [-0.15, -0.1) is 11.3 Å². The number of pyridine rings is 1. The number of benzene rings is 2. The Morgan fingerprint density at radius 2 is 1.67 bits per heavy atom. The van der Waals surface area contributed by atoms with Crippen molar-refractivity contribution >= 4 is 28.2 Å². The molecule has 1 saturated heterocycles.